The quantitative estimate of drug-likeness (QED) is 0.302. The summed E-state index contributed by atoms with van der Waals surface area (Å²) in [5, 5.41) is 1.94. The standard InChI is InChI=1S/C29H41Si.3ClH.Ti/c1-7-10-14-28(15-12-11-13-16-28)21-29(20-22(4)23(5)24(29)6)30-27-18-25(8-2)17-26(9-3)19-27;;;;/h11-13,15,17-19H,7-10,14,16,21,30H2,1-6H3;3*1H;/q;;;;+3/p-3. The van der Waals surface area contributed by atoms with Crippen molar-refractivity contribution in [3.05, 3.63) is 74.2 Å². The minimum absolute atomic E-state index is 0. The van der Waals surface area contributed by atoms with Gasteiger partial charge in [-0.05, 0) is 0 Å². The second-order valence-electron chi connectivity index (χ2n) is 10.0. The molecule has 34 heavy (non-hydrogen) atoms. The van der Waals surface area contributed by atoms with Gasteiger partial charge in [-0.25, -0.2) is 0 Å². The van der Waals surface area contributed by atoms with Gasteiger partial charge in [-0.1, -0.05) is 0 Å². The fraction of sp³-hybridized carbons (Fsp3) is 0.517. The van der Waals surface area contributed by atoms with Gasteiger partial charge in [0.1, 0.15) is 0 Å². The van der Waals surface area contributed by atoms with Gasteiger partial charge in [0.05, 0.1) is 0 Å². The van der Waals surface area contributed by atoms with E-state index in [1.807, 2.05) is 0 Å². The van der Waals surface area contributed by atoms with Crippen molar-refractivity contribution in [1.29, 1.82) is 0 Å². The van der Waals surface area contributed by atoms with E-state index in [0.717, 1.165) is 12.8 Å². The Hall–Kier alpha value is -0.0188. The second-order valence-corrected chi connectivity index (χ2v) is 13.2. The molecule has 0 heterocycles. The summed E-state index contributed by atoms with van der Waals surface area (Å²) in [5.41, 5.74) is 8.15. The SMILES string of the molecule is CCCCC1(CC2([SiH2]c3cc(CC)cc(CC)c3)C(C)=C(C)C(C)=[C]2[Ti+3])C=CC=CC1.[Cl-].[Cl-].[Cl-]. The Kier molecular flexibility index (Phi) is 14.6. The molecule has 1 aromatic carbocycles. The topological polar surface area (TPSA) is 0 Å². The van der Waals surface area contributed by atoms with Crippen molar-refractivity contribution in [3.63, 3.8) is 0 Å². The van der Waals surface area contributed by atoms with Crippen LogP contribution >= 0.6 is 0 Å². The molecule has 0 bridgehead atoms. The van der Waals surface area contributed by atoms with E-state index in [4.69, 9.17) is 0 Å². The summed E-state index contributed by atoms with van der Waals surface area (Å²) in [4.78, 5) is 0. The molecule has 0 nitrogen and oxygen atoms in total. The molecular weight excluding hydrogens is 531 g/mol. The van der Waals surface area contributed by atoms with E-state index in [1.165, 1.54) is 43.2 Å². The minimum Gasteiger partial charge on any atom is -1.00 e. The molecule has 186 valence electrons. The zero-order chi connectivity index (χ0) is 22.6. The van der Waals surface area contributed by atoms with Crippen LogP contribution < -0.4 is 42.4 Å². The number of halogens is 3. The van der Waals surface area contributed by atoms with Gasteiger partial charge in [-0.15, -0.1) is 0 Å². The molecule has 2 atom stereocenters. The van der Waals surface area contributed by atoms with Crippen LogP contribution in [0.5, 0.6) is 0 Å². The number of hydrogen-bond acceptors (Lipinski definition) is 0. The third kappa shape index (κ3) is 7.05. The summed E-state index contributed by atoms with van der Waals surface area (Å²) in [6.07, 6.45) is 18.3. The minimum atomic E-state index is -0.541. The fourth-order valence-electron chi connectivity index (χ4n) is 5.82. The first kappa shape index (κ1) is 34.0. The maximum atomic E-state index is 2.57. The molecule has 3 rings (SSSR count). The van der Waals surface area contributed by atoms with Crippen molar-refractivity contribution >= 4 is 14.7 Å². The number of rotatable bonds is 9. The van der Waals surface area contributed by atoms with Crippen LogP contribution in [0.2, 0.25) is 5.04 Å². The third-order valence-corrected chi connectivity index (χ3v) is 12.5. The zero-order valence-corrected chi connectivity index (χ0v) is 27.1. The van der Waals surface area contributed by atoms with E-state index >= 15 is 0 Å². The van der Waals surface area contributed by atoms with Gasteiger partial charge < -0.3 is 37.2 Å². The van der Waals surface area contributed by atoms with Gasteiger partial charge in [-0.3, -0.25) is 0 Å². The first-order valence-electron chi connectivity index (χ1n) is 12.4. The fourth-order valence-corrected chi connectivity index (χ4v) is 9.98. The molecule has 2 unspecified atom stereocenters. The number of allylic oxidation sites excluding steroid dienone is 8. The van der Waals surface area contributed by atoms with Crippen LogP contribution in [-0.2, 0) is 33.3 Å². The molecule has 0 aromatic heterocycles. The van der Waals surface area contributed by atoms with Crippen LogP contribution in [0.15, 0.2) is 63.1 Å². The number of benzene rings is 1. The first-order valence-corrected chi connectivity index (χ1v) is 14.6. The molecule has 0 spiro atoms. The van der Waals surface area contributed by atoms with E-state index in [0.29, 0.717) is 5.41 Å². The largest absolute Gasteiger partial charge is 1.00 e. The molecule has 0 saturated carbocycles. The number of hydrogen-bond donors (Lipinski definition) is 0. The Morgan fingerprint density at radius 1 is 0.882 bits per heavy atom. The van der Waals surface area contributed by atoms with E-state index in [2.05, 4.69) is 104 Å². The molecular formula is C29H41Cl3SiTi. The zero-order valence-electron chi connectivity index (χ0n) is 21.8. The van der Waals surface area contributed by atoms with Crippen LogP contribution in [0, 0.1) is 5.41 Å². The van der Waals surface area contributed by atoms with Crippen molar-refractivity contribution in [2.75, 3.05) is 0 Å². The molecule has 2 aliphatic rings. The summed E-state index contributed by atoms with van der Waals surface area (Å²) in [6.45, 7) is 14.1. The van der Waals surface area contributed by atoms with Crippen LogP contribution in [-0.4, -0.2) is 9.52 Å². The molecule has 5 heteroatoms. The molecule has 0 saturated heterocycles. The van der Waals surface area contributed by atoms with E-state index in [1.54, 1.807) is 25.8 Å². The summed E-state index contributed by atoms with van der Waals surface area (Å²) in [6, 6.07) is 7.52. The van der Waals surface area contributed by atoms with Crippen molar-refractivity contribution in [2.24, 2.45) is 5.41 Å². The molecule has 0 N–H and O–H groups in total. The summed E-state index contributed by atoms with van der Waals surface area (Å²) < 4.78 is 1.67. The van der Waals surface area contributed by atoms with Crippen LogP contribution in [0.25, 0.3) is 0 Å². The van der Waals surface area contributed by atoms with E-state index in [9.17, 15) is 0 Å². The number of unbranched alkanes of at least 4 members (excludes halogenated alkanes) is 1. The first-order chi connectivity index (χ1) is 14.8. The van der Waals surface area contributed by atoms with Crippen molar-refractivity contribution in [1.82, 2.24) is 0 Å². The van der Waals surface area contributed by atoms with Gasteiger partial charge in [0, 0.05) is 0 Å². The van der Waals surface area contributed by atoms with Crippen molar-refractivity contribution in [3.8, 4) is 0 Å². The Morgan fingerprint density at radius 2 is 1.50 bits per heavy atom. The van der Waals surface area contributed by atoms with Gasteiger partial charge in [0.25, 0.3) is 0 Å². The van der Waals surface area contributed by atoms with E-state index < -0.39 is 9.52 Å². The average Bonchev–Trinajstić information content (AvgIpc) is 2.94. The summed E-state index contributed by atoms with van der Waals surface area (Å²) in [7, 11) is -0.541. The van der Waals surface area contributed by atoms with Gasteiger partial charge in [-0.2, -0.15) is 0 Å². The van der Waals surface area contributed by atoms with E-state index in [-0.39, 0.29) is 42.3 Å². The predicted molar refractivity (Wildman–Crippen MR) is 137 cm³/mol. The Balaban J connectivity index is 0.00000363. The maximum absolute atomic E-state index is 2.57. The van der Waals surface area contributed by atoms with Crippen LogP contribution in [0.1, 0.15) is 84.8 Å². The van der Waals surface area contributed by atoms with Gasteiger partial charge in [0.2, 0.25) is 0 Å². The molecule has 0 amide bonds. The Bertz CT molecular complexity index is 898. The van der Waals surface area contributed by atoms with Gasteiger partial charge in [0.15, 0.2) is 0 Å². The monoisotopic (exact) mass is 570 g/mol. The Morgan fingerprint density at radius 3 is 1.94 bits per heavy atom. The predicted octanol–water partition coefficient (Wildman–Crippen LogP) is -1.97. The second kappa shape index (κ2) is 14.7. The molecule has 1 aromatic rings. The van der Waals surface area contributed by atoms with Gasteiger partial charge >= 0.3 is 206 Å². The van der Waals surface area contributed by atoms with Crippen molar-refractivity contribution < 1.29 is 57.7 Å². The number of aryl methyl sites for hydroxylation is 2. The van der Waals surface area contributed by atoms with Crippen LogP contribution in [0.3, 0.4) is 0 Å². The third-order valence-electron chi connectivity index (χ3n) is 8.03. The normalized spacial score (nSPS) is 23.9. The summed E-state index contributed by atoms with van der Waals surface area (Å²) in [5.74, 6) is 0. The molecule has 0 aliphatic heterocycles. The molecule has 0 radical (unpaired) electrons. The average molecular weight is 572 g/mol. The maximum Gasteiger partial charge on any atom is -1.00 e. The van der Waals surface area contributed by atoms with Crippen molar-refractivity contribution in [2.45, 2.75) is 91.5 Å². The molecule has 2 aliphatic carbocycles. The summed E-state index contributed by atoms with van der Waals surface area (Å²) >= 11 is 2.46. The van der Waals surface area contributed by atoms with Crippen LogP contribution in [0.4, 0.5) is 0 Å². The Labute approximate surface area is 242 Å². The smallest absolute Gasteiger partial charge is 1.00 e. The molecule has 0 fully saturated rings.